The van der Waals surface area contributed by atoms with Crippen LogP contribution in [0, 0.1) is 17.3 Å². The number of alkyl halides is 1. The molecule has 0 heterocycles. The predicted molar refractivity (Wildman–Crippen MR) is 104 cm³/mol. The summed E-state index contributed by atoms with van der Waals surface area (Å²) in [6, 6.07) is 10.5. The lowest BCUT2D eigenvalue weighted by atomic mass is 9.49. The molecule has 5 rings (SSSR count). The van der Waals surface area contributed by atoms with Gasteiger partial charge in [-0.05, 0) is 74.7 Å². The largest absolute Gasteiger partial charge is 0.356 e. The fourth-order valence-electron chi connectivity index (χ4n) is 5.58. The van der Waals surface area contributed by atoms with Crippen LogP contribution in [0.2, 0.25) is 0 Å². The molecule has 4 heteroatoms. The van der Waals surface area contributed by atoms with Gasteiger partial charge in [-0.1, -0.05) is 34.1 Å². The molecule has 4 aliphatic carbocycles. The molecule has 1 amide bonds. The number of hydrogen-bond donors (Lipinski definition) is 1. The Morgan fingerprint density at radius 3 is 2.54 bits per heavy atom. The van der Waals surface area contributed by atoms with Gasteiger partial charge in [0, 0.05) is 15.8 Å². The fraction of sp³-hybridized carbons (Fsp3) is 0.650. The highest BCUT2D eigenvalue weighted by Crippen LogP contribution is 2.64. The lowest BCUT2D eigenvalue weighted by Gasteiger charge is -2.59. The summed E-state index contributed by atoms with van der Waals surface area (Å²) in [5.41, 5.74) is -0.0693. The highest BCUT2D eigenvalue weighted by Gasteiger charge is 2.59. The Bertz CT molecular complexity index is 591. The Balaban J connectivity index is 1.26. The minimum absolute atomic E-state index is 0.0693. The van der Waals surface area contributed by atoms with Crippen LogP contribution in [-0.4, -0.2) is 22.5 Å². The van der Waals surface area contributed by atoms with Crippen molar-refractivity contribution in [1.29, 1.82) is 0 Å². The molecular weight excluding hydrogens is 382 g/mol. The van der Waals surface area contributed by atoms with Crippen LogP contribution in [0.1, 0.15) is 44.9 Å². The number of nitrogens with one attached hydrogen (secondary N) is 1. The molecule has 0 aromatic heterocycles. The van der Waals surface area contributed by atoms with E-state index in [1.807, 2.05) is 17.8 Å². The first-order chi connectivity index (χ1) is 11.6. The zero-order valence-corrected chi connectivity index (χ0v) is 16.5. The molecule has 1 N–H and O–H groups in total. The first-order valence-corrected chi connectivity index (χ1v) is 11.0. The molecule has 24 heavy (non-hydrogen) atoms. The van der Waals surface area contributed by atoms with E-state index >= 15 is 0 Å². The quantitative estimate of drug-likeness (QED) is 0.407. The van der Waals surface area contributed by atoms with Gasteiger partial charge in [0.05, 0.1) is 5.41 Å². The van der Waals surface area contributed by atoms with E-state index in [2.05, 4.69) is 45.5 Å². The summed E-state index contributed by atoms with van der Waals surface area (Å²) >= 11 is 5.87. The van der Waals surface area contributed by atoms with Gasteiger partial charge in [-0.15, -0.1) is 11.8 Å². The highest BCUT2D eigenvalue weighted by atomic mass is 79.9. The summed E-state index contributed by atoms with van der Waals surface area (Å²) in [4.78, 5) is 14.2. The third kappa shape index (κ3) is 3.41. The van der Waals surface area contributed by atoms with Crippen LogP contribution >= 0.6 is 27.7 Å². The number of halogens is 1. The summed E-state index contributed by atoms with van der Waals surface area (Å²) in [5, 5.41) is 3.27. The number of rotatable bonds is 6. The standard InChI is InChI=1S/C20H26BrNOS/c21-20-12-15-9-16(13-20)11-19(10-15,14-20)18(23)22-7-4-8-24-17-5-2-1-3-6-17/h1-3,5-6,15-16H,4,7-14H2,(H,22,23). The van der Waals surface area contributed by atoms with Crippen molar-refractivity contribution < 1.29 is 4.79 Å². The Labute approximate surface area is 157 Å². The van der Waals surface area contributed by atoms with E-state index in [-0.39, 0.29) is 9.74 Å². The first kappa shape index (κ1) is 17.0. The fourth-order valence-corrected chi connectivity index (χ4v) is 7.91. The Morgan fingerprint density at radius 1 is 1.17 bits per heavy atom. The van der Waals surface area contributed by atoms with E-state index in [4.69, 9.17) is 0 Å². The highest BCUT2D eigenvalue weighted by molar-refractivity contribution is 9.10. The maximum atomic E-state index is 12.9. The third-order valence-corrected chi connectivity index (χ3v) is 8.12. The van der Waals surface area contributed by atoms with Gasteiger partial charge < -0.3 is 5.32 Å². The lowest BCUT2D eigenvalue weighted by Crippen LogP contribution is -2.58. The van der Waals surface area contributed by atoms with Crippen molar-refractivity contribution >= 4 is 33.6 Å². The van der Waals surface area contributed by atoms with Crippen LogP contribution in [0.4, 0.5) is 0 Å². The smallest absolute Gasteiger partial charge is 0.226 e. The Hall–Kier alpha value is -0.480. The van der Waals surface area contributed by atoms with Gasteiger partial charge in [0.25, 0.3) is 0 Å². The summed E-state index contributed by atoms with van der Waals surface area (Å²) in [6.45, 7) is 0.811. The molecule has 1 aromatic carbocycles. The molecule has 0 radical (unpaired) electrons. The Kier molecular flexibility index (Phi) is 4.72. The van der Waals surface area contributed by atoms with Crippen molar-refractivity contribution in [2.75, 3.05) is 12.3 Å². The molecule has 2 nitrogen and oxygen atoms in total. The van der Waals surface area contributed by atoms with Crippen molar-refractivity contribution in [3.05, 3.63) is 30.3 Å². The first-order valence-electron chi connectivity index (χ1n) is 9.22. The van der Waals surface area contributed by atoms with Gasteiger partial charge in [-0.25, -0.2) is 0 Å². The molecule has 4 fully saturated rings. The number of carbonyl (C=O) groups excluding carboxylic acids is 1. The van der Waals surface area contributed by atoms with E-state index in [0.717, 1.165) is 49.8 Å². The molecular formula is C20H26BrNOS. The number of benzene rings is 1. The average molecular weight is 408 g/mol. The summed E-state index contributed by atoms with van der Waals surface area (Å²) in [6.07, 6.45) is 8.27. The predicted octanol–water partition coefficient (Wildman–Crippen LogP) is 5.02. The van der Waals surface area contributed by atoms with E-state index in [1.165, 1.54) is 24.2 Å². The minimum atomic E-state index is -0.0693. The van der Waals surface area contributed by atoms with Gasteiger partial charge in [-0.2, -0.15) is 0 Å². The molecule has 4 saturated carbocycles. The summed E-state index contributed by atoms with van der Waals surface area (Å²) in [7, 11) is 0. The number of carbonyl (C=O) groups is 1. The zero-order chi connectivity index (χ0) is 16.6. The van der Waals surface area contributed by atoms with E-state index in [1.54, 1.807) is 0 Å². The second-order valence-electron chi connectivity index (χ2n) is 8.16. The molecule has 0 saturated heterocycles. The second kappa shape index (κ2) is 6.68. The van der Waals surface area contributed by atoms with Gasteiger partial charge in [-0.3, -0.25) is 4.79 Å². The van der Waals surface area contributed by atoms with Crippen LogP contribution in [0.3, 0.4) is 0 Å². The lowest BCUT2D eigenvalue weighted by molar-refractivity contribution is -0.144. The maximum Gasteiger partial charge on any atom is 0.226 e. The van der Waals surface area contributed by atoms with E-state index in [9.17, 15) is 4.79 Å². The second-order valence-corrected chi connectivity index (χ2v) is 11.0. The molecule has 0 spiro atoms. The van der Waals surface area contributed by atoms with Gasteiger partial charge in [0.1, 0.15) is 0 Å². The van der Waals surface area contributed by atoms with Gasteiger partial charge in [0.15, 0.2) is 0 Å². The van der Waals surface area contributed by atoms with Crippen LogP contribution in [-0.2, 0) is 4.79 Å². The van der Waals surface area contributed by atoms with Crippen molar-refractivity contribution in [1.82, 2.24) is 5.32 Å². The van der Waals surface area contributed by atoms with Crippen LogP contribution in [0.15, 0.2) is 35.2 Å². The SMILES string of the molecule is O=C(NCCCSc1ccccc1)C12CC3CC(CC(Br)(C3)C1)C2. The topological polar surface area (TPSA) is 29.1 Å². The number of amides is 1. The van der Waals surface area contributed by atoms with Gasteiger partial charge >= 0.3 is 0 Å². The van der Waals surface area contributed by atoms with E-state index in [0.29, 0.717) is 5.91 Å². The van der Waals surface area contributed by atoms with Crippen LogP contribution in [0.5, 0.6) is 0 Å². The molecule has 130 valence electrons. The van der Waals surface area contributed by atoms with Crippen molar-refractivity contribution in [2.45, 2.75) is 54.2 Å². The molecule has 4 bridgehead atoms. The monoisotopic (exact) mass is 407 g/mol. The minimum Gasteiger partial charge on any atom is -0.356 e. The normalized spacial score (nSPS) is 36.7. The van der Waals surface area contributed by atoms with Crippen molar-refractivity contribution in [3.63, 3.8) is 0 Å². The maximum absolute atomic E-state index is 12.9. The van der Waals surface area contributed by atoms with Crippen LogP contribution in [0.25, 0.3) is 0 Å². The molecule has 2 unspecified atom stereocenters. The molecule has 0 aliphatic heterocycles. The number of hydrogen-bond acceptors (Lipinski definition) is 2. The van der Waals surface area contributed by atoms with Crippen molar-refractivity contribution in [3.8, 4) is 0 Å². The molecule has 2 atom stereocenters. The summed E-state index contributed by atoms with van der Waals surface area (Å²) < 4.78 is 0.261. The molecule has 1 aromatic rings. The van der Waals surface area contributed by atoms with E-state index < -0.39 is 0 Å². The molecule has 4 aliphatic rings. The zero-order valence-electron chi connectivity index (χ0n) is 14.1. The number of thioether (sulfide) groups is 1. The van der Waals surface area contributed by atoms with Gasteiger partial charge in [0.2, 0.25) is 5.91 Å². The average Bonchev–Trinajstić information content (AvgIpc) is 2.53. The Morgan fingerprint density at radius 2 is 1.88 bits per heavy atom. The van der Waals surface area contributed by atoms with Crippen molar-refractivity contribution in [2.24, 2.45) is 17.3 Å². The summed E-state index contributed by atoms with van der Waals surface area (Å²) in [5.74, 6) is 2.94. The van der Waals surface area contributed by atoms with Crippen LogP contribution < -0.4 is 5.32 Å². The third-order valence-electron chi connectivity index (χ3n) is 6.09.